The Hall–Kier alpha value is -2.43. The summed E-state index contributed by atoms with van der Waals surface area (Å²) in [6.07, 6.45) is 5.05. The molecule has 1 atom stereocenters. The first-order valence-corrected chi connectivity index (χ1v) is 7.10. The second kappa shape index (κ2) is 5.52. The highest BCUT2D eigenvalue weighted by Crippen LogP contribution is 2.32. The number of pyridine rings is 1. The average molecular weight is 283 g/mol. The smallest absolute Gasteiger partial charge is 0.269 e. The summed E-state index contributed by atoms with van der Waals surface area (Å²) in [5.74, 6) is 0. The first-order chi connectivity index (χ1) is 10.1. The number of hydrogen-bond donors (Lipinski definition) is 1. The van der Waals surface area contributed by atoms with Gasteiger partial charge in [-0.3, -0.25) is 15.1 Å². The summed E-state index contributed by atoms with van der Waals surface area (Å²) in [6, 6.07) is 9.19. The topological polar surface area (TPSA) is 68.1 Å². The van der Waals surface area contributed by atoms with Crippen LogP contribution in [0.25, 0.3) is 0 Å². The van der Waals surface area contributed by atoms with Crippen LogP contribution in [0.3, 0.4) is 0 Å². The van der Waals surface area contributed by atoms with Gasteiger partial charge in [-0.2, -0.15) is 0 Å². The molecule has 0 radical (unpaired) electrons. The van der Waals surface area contributed by atoms with E-state index in [-0.39, 0.29) is 16.7 Å². The number of benzene rings is 1. The minimum Gasteiger partial charge on any atom is -0.376 e. The fourth-order valence-electron chi connectivity index (χ4n) is 2.86. The molecule has 0 spiro atoms. The highest BCUT2D eigenvalue weighted by atomic mass is 16.6. The average Bonchev–Trinajstić information content (AvgIpc) is 2.49. The van der Waals surface area contributed by atoms with E-state index in [1.54, 1.807) is 12.1 Å². The molecule has 0 amide bonds. The number of anilines is 1. The lowest BCUT2D eigenvalue weighted by Crippen LogP contribution is -2.19. The Morgan fingerprint density at radius 1 is 1.38 bits per heavy atom. The Morgan fingerprint density at radius 3 is 3.00 bits per heavy atom. The summed E-state index contributed by atoms with van der Waals surface area (Å²) < 4.78 is 0. The molecule has 3 rings (SSSR count). The summed E-state index contributed by atoms with van der Waals surface area (Å²) in [5, 5.41) is 14.3. The summed E-state index contributed by atoms with van der Waals surface area (Å²) in [4.78, 5) is 14.9. The Morgan fingerprint density at radius 2 is 2.24 bits per heavy atom. The maximum atomic E-state index is 10.8. The normalized spacial score (nSPS) is 17.1. The van der Waals surface area contributed by atoms with Crippen LogP contribution in [0.1, 0.15) is 35.7 Å². The molecule has 2 aromatic rings. The number of nitrogens with one attached hydrogen (secondary N) is 1. The Kier molecular flexibility index (Phi) is 3.56. The van der Waals surface area contributed by atoms with Gasteiger partial charge >= 0.3 is 0 Å². The van der Waals surface area contributed by atoms with Gasteiger partial charge in [0.25, 0.3) is 5.69 Å². The van der Waals surface area contributed by atoms with Crippen molar-refractivity contribution in [3.05, 3.63) is 63.5 Å². The number of aromatic nitrogens is 1. The first-order valence-electron chi connectivity index (χ1n) is 7.10. The third kappa shape index (κ3) is 2.72. The number of rotatable bonds is 3. The quantitative estimate of drug-likeness (QED) is 0.687. The molecule has 21 heavy (non-hydrogen) atoms. The number of nitrogens with zero attached hydrogens (tertiary/aromatic N) is 2. The highest BCUT2D eigenvalue weighted by molar-refractivity contribution is 5.56. The monoisotopic (exact) mass is 283 g/mol. The molecule has 5 nitrogen and oxygen atoms in total. The van der Waals surface area contributed by atoms with Gasteiger partial charge in [-0.15, -0.1) is 0 Å². The van der Waals surface area contributed by atoms with E-state index in [0.29, 0.717) is 0 Å². The van der Waals surface area contributed by atoms with Gasteiger partial charge in [0.1, 0.15) is 0 Å². The fourth-order valence-corrected chi connectivity index (χ4v) is 2.86. The van der Waals surface area contributed by atoms with Gasteiger partial charge in [0.15, 0.2) is 0 Å². The summed E-state index contributed by atoms with van der Waals surface area (Å²) >= 11 is 0. The maximum absolute atomic E-state index is 10.8. The number of nitro benzene ring substituents is 1. The second-order valence-corrected chi connectivity index (χ2v) is 5.39. The third-order valence-electron chi connectivity index (χ3n) is 3.95. The van der Waals surface area contributed by atoms with Gasteiger partial charge in [0.2, 0.25) is 0 Å². The molecule has 1 heterocycles. The second-order valence-electron chi connectivity index (χ2n) is 5.39. The van der Waals surface area contributed by atoms with Crippen molar-refractivity contribution in [3.8, 4) is 0 Å². The molecule has 0 saturated heterocycles. The number of fused-ring (bicyclic) bond motifs is 1. The fraction of sp³-hybridized carbons (Fsp3) is 0.312. The third-order valence-corrected chi connectivity index (χ3v) is 3.95. The van der Waals surface area contributed by atoms with Crippen molar-refractivity contribution in [2.45, 2.75) is 32.2 Å². The summed E-state index contributed by atoms with van der Waals surface area (Å²) in [6.45, 7) is 1.89. The molecule has 0 fully saturated rings. The van der Waals surface area contributed by atoms with Crippen molar-refractivity contribution in [2.24, 2.45) is 0 Å². The summed E-state index contributed by atoms with van der Waals surface area (Å²) in [7, 11) is 0. The molecule has 1 aromatic carbocycles. The van der Waals surface area contributed by atoms with Crippen LogP contribution in [0, 0.1) is 17.0 Å². The molecule has 1 aromatic heterocycles. The largest absolute Gasteiger partial charge is 0.376 e. The van der Waals surface area contributed by atoms with Crippen LogP contribution in [0.15, 0.2) is 36.5 Å². The Balaban J connectivity index is 1.86. The molecular formula is C16H17N3O2. The maximum Gasteiger partial charge on any atom is 0.269 e. The van der Waals surface area contributed by atoms with E-state index in [2.05, 4.69) is 16.4 Å². The van der Waals surface area contributed by atoms with E-state index in [0.717, 1.165) is 36.2 Å². The van der Waals surface area contributed by atoms with Gasteiger partial charge in [0, 0.05) is 24.0 Å². The van der Waals surface area contributed by atoms with Gasteiger partial charge in [0.05, 0.1) is 16.7 Å². The lowest BCUT2D eigenvalue weighted by molar-refractivity contribution is -0.384. The van der Waals surface area contributed by atoms with Gasteiger partial charge in [-0.1, -0.05) is 6.07 Å². The zero-order chi connectivity index (χ0) is 14.8. The van der Waals surface area contributed by atoms with E-state index >= 15 is 0 Å². The molecule has 5 heteroatoms. The zero-order valence-electron chi connectivity index (χ0n) is 11.9. The number of aryl methyl sites for hydroxylation is 2. The molecule has 0 saturated carbocycles. The molecule has 1 N–H and O–H groups in total. The molecule has 1 unspecified atom stereocenters. The van der Waals surface area contributed by atoms with Crippen molar-refractivity contribution in [3.63, 3.8) is 0 Å². The van der Waals surface area contributed by atoms with Crippen LogP contribution >= 0.6 is 0 Å². The number of non-ortho nitro benzene ring substituents is 1. The zero-order valence-corrected chi connectivity index (χ0v) is 11.9. The van der Waals surface area contributed by atoms with Crippen LogP contribution in [0.2, 0.25) is 0 Å². The minimum atomic E-state index is -0.367. The molecule has 0 aliphatic heterocycles. The summed E-state index contributed by atoms with van der Waals surface area (Å²) in [5.41, 5.74) is 4.33. The Labute approximate surface area is 123 Å². The minimum absolute atomic E-state index is 0.125. The van der Waals surface area contributed by atoms with Crippen LogP contribution in [0.5, 0.6) is 0 Å². The van der Waals surface area contributed by atoms with Gasteiger partial charge < -0.3 is 5.32 Å². The van der Waals surface area contributed by atoms with Crippen molar-refractivity contribution < 1.29 is 4.92 Å². The van der Waals surface area contributed by atoms with Crippen molar-refractivity contribution in [1.29, 1.82) is 0 Å². The Bertz CT molecular complexity index is 685. The van der Waals surface area contributed by atoms with E-state index in [9.17, 15) is 10.1 Å². The number of hydrogen-bond acceptors (Lipinski definition) is 4. The van der Waals surface area contributed by atoms with E-state index in [4.69, 9.17) is 0 Å². The molecule has 108 valence electrons. The van der Waals surface area contributed by atoms with Crippen LogP contribution in [-0.4, -0.2) is 9.91 Å². The van der Waals surface area contributed by atoms with Crippen LogP contribution < -0.4 is 5.32 Å². The standard InChI is InChI=1S/C16H17N3O2/c1-11-10-13(19(20)21)7-8-14(11)18-15-6-2-4-12-5-3-9-17-16(12)15/h3,5,7-10,15,18H,2,4,6H2,1H3. The van der Waals surface area contributed by atoms with Crippen molar-refractivity contribution >= 4 is 11.4 Å². The van der Waals surface area contributed by atoms with Crippen molar-refractivity contribution in [2.75, 3.05) is 5.32 Å². The lowest BCUT2D eigenvalue weighted by Gasteiger charge is -2.26. The predicted octanol–water partition coefficient (Wildman–Crippen LogP) is 3.79. The highest BCUT2D eigenvalue weighted by Gasteiger charge is 2.21. The SMILES string of the molecule is Cc1cc([N+](=O)[O-])ccc1NC1CCCc2cccnc21. The first kappa shape index (κ1) is 13.5. The van der Waals surface area contributed by atoms with E-state index in [1.807, 2.05) is 19.2 Å². The van der Waals surface area contributed by atoms with E-state index < -0.39 is 0 Å². The number of nitro groups is 1. The van der Waals surface area contributed by atoms with Gasteiger partial charge in [-0.25, -0.2) is 0 Å². The molecule has 0 bridgehead atoms. The van der Waals surface area contributed by atoms with Crippen LogP contribution in [0.4, 0.5) is 11.4 Å². The van der Waals surface area contributed by atoms with Gasteiger partial charge in [-0.05, 0) is 49.4 Å². The molecule has 1 aliphatic carbocycles. The lowest BCUT2D eigenvalue weighted by atomic mass is 9.91. The predicted molar refractivity (Wildman–Crippen MR) is 81.4 cm³/mol. The van der Waals surface area contributed by atoms with Crippen molar-refractivity contribution in [1.82, 2.24) is 4.98 Å². The van der Waals surface area contributed by atoms with E-state index in [1.165, 1.54) is 11.6 Å². The molecular weight excluding hydrogens is 266 g/mol. The van der Waals surface area contributed by atoms with Crippen LogP contribution in [-0.2, 0) is 6.42 Å². The molecule has 1 aliphatic rings.